The van der Waals surface area contributed by atoms with Gasteiger partial charge in [-0.2, -0.15) is 0 Å². The van der Waals surface area contributed by atoms with Crippen LogP contribution in [0.4, 0.5) is 0 Å². The fraction of sp³-hybridized carbons (Fsp3) is 0.889. The standard InChI is InChI=1S/C9H19NO5S/c1-8(9(11)12)4-5-10-16(13,14)7-3-6-15-2/h8,10H,3-7H2,1-2H3,(H,11,12). The Morgan fingerprint density at radius 3 is 2.62 bits per heavy atom. The zero-order valence-electron chi connectivity index (χ0n) is 9.60. The van der Waals surface area contributed by atoms with E-state index in [4.69, 9.17) is 9.84 Å². The molecule has 0 amide bonds. The van der Waals surface area contributed by atoms with Gasteiger partial charge in [-0.15, -0.1) is 0 Å². The first-order valence-electron chi connectivity index (χ1n) is 5.08. The molecular formula is C9H19NO5S. The first-order valence-corrected chi connectivity index (χ1v) is 6.73. The molecule has 0 saturated carbocycles. The number of nitrogens with one attached hydrogen (secondary N) is 1. The van der Waals surface area contributed by atoms with Crippen LogP contribution in [0.2, 0.25) is 0 Å². The second-order valence-corrected chi connectivity index (χ2v) is 5.51. The Labute approximate surface area is 96.0 Å². The molecule has 0 saturated heterocycles. The van der Waals surface area contributed by atoms with Crippen molar-refractivity contribution in [1.82, 2.24) is 4.72 Å². The number of hydrogen-bond donors (Lipinski definition) is 2. The molecule has 0 fully saturated rings. The molecule has 2 N–H and O–H groups in total. The number of sulfonamides is 1. The first-order chi connectivity index (χ1) is 7.39. The van der Waals surface area contributed by atoms with Crippen LogP contribution < -0.4 is 4.72 Å². The van der Waals surface area contributed by atoms with Gasteiger partial charge in [0.2, 0.25) is 10.0 Å². The topological polar surface area (TPSA) is 92.7 Å². The molecule has 0 aromatic rings. The molecule has 7 heteroatoms. The highest BCUT2D eigenvalue weighted by molar-refractivity contribution is 7.89. The highest BCUT2D eigenvalue weighted by Gasteiger charge is 2.13. The van der Waals surface area contributed by atoms with E-state index in [2.05, 4.69) is 4.72 Å². The number of hydrogen-bond acceptors (Lipinski definition) is 4. The van der Waals surface area contributed by atoms with Gasteiger partial charge >= 0.3 is 5.97 Å². The minimum atomic E-state index is -3.30. The number of rotatable bonds is 9. The SMILES string of the molecule is COCCCS(=O)(=O)NCCC(C)C(=O)O. The van der Waals surface area contributed by atoms with E-state index >= 15 is 0 Å². The number of aliphatic carboxylic acids is 1. The van der Waals surface area contributed by atoms with Crippen LogP contribution in [0.15, 0.2) is 0 Å². The number of ether oxygens (including phenoxy) is 1. The molecule has 0 heterocycles. The lowest BCUT2D eigenvalue weighted by atomic mass is 10.1. The summed E-state index contributed by atoms with van der Waals surface area (Å²) in [5.74, 6) is -1.46. The maximum atomic E-state index is 11.3. The summed E-state index contributed by atoms with van der Waals surface area (Å²) in [6, 6.07) is 0. The Morgan fingerprint density at radius 1 is 1.50 bits per heavy atom. The fourth-order valence-corrected chi connectivity index (χ4v) is 2.09. The van der Waals surface area contributed by atoms with Crippen LogP contribution >= 0.6 is 0 Å². The van der Waals surface area contributed by atoms with Crippen LogP contribution in [-0.2, 0) is 19.6 Å². The molecule has 0 aliphatic rings. The third-order valence-corrected chi connectivity index (χ3v) is 3.55. The minimum Gasteiger partial charge on any atom is -0.481 e. The summed E-state index contributed by atoms with van der Waals surface area (Å²) in [5, 5.41) is 8.59. The molecule has 6 nitrogen and oxygen atoms in total. The van der Waals surface area contributed by atoms with Crippen molar-refractivity contribution in [2.45, 2.75) is 19.8 Å². The van der Waals surface area contributed by atoms with Gasteiger partial charge in [-0.1, -0.05) is 6.92 Å². The van der Waals surface area contributed by atoms with Crippen molar-refractivity contribution in [3.05, 3.63) is 0 Å². The van der Waals surface area contributed by atoms with Crippen LogP contribution in [-0.4, -0.2) is 45.5 Å². The largest absolute Gasteiger partial charge is 0.481 e. The zero-order valence-corrected chi connectivity index (χ0v) is 10.4. The van der Waals surface area contributed by atoms with Crippen molar-refractivity contribution in [3.63, 3.8) is 0 Å². The van der Waals surface area contributed by atoms with E-state index in [0.717, 1.165) is 0 Å². The maximum absolute atomic E-state index is 11.3. The molecule has 0 bridgehead atoms. The highest BCUT2D eigenvalue weighted by Crippen LogP contribution is 2.00. The molecule has 0 aliphatic carbocycles. The molecule has 1 atom stereocenters. The van der Waals surface area contributed by atoms with Crippen molar-refractivity contribution in [2.24, 2.45) is 5.92 Å². The lowest BCUT2D eigenvalue weighted by Gasteiger charge is -2.08. The van der Waals surface area contributed by atoms with Gasteiger partial charge in [0, 0.05) is 20.3 Å². The summed E-state index contributed by atoms with van der Waals surface area (Å²) >= 11 is 0. The van der Waals surface area contributed by atoms with E-state index in [0.29, 0.717) is 19.4 Å². The van der Waals surface area contributed by atoms with Gasteiger partial charge in [-0.25, -0.2) is 13.1 Å². The molecular weight excluding hydrogens is 234 g/mol. The Morgan fingerprint density at radius 2 is 2.12 bits per heavy atom. The summed E-state index contributed by atoms with van der Waals surface area (Å²) in [6.07, 6.45) is 0.721. The first kappa shape index (κ1) is 15.3. The van der Waals surface area contributed by atoms with E-state index in [9.17, 15) is 13.2 Å². The van der Waals surface area contributed by atoms with E-state index in [1.165, 1.54) is 7.11 Å². The van der Waals surface area contributed by atoms with E-state index in [-0.39, 0.29) is 12.3 Å². The molecule has 0 spiro atoms. The lowest BCUT2D eigenvalue weighted by molar-refractivity contribution is -0.141. The van der Waals surface area contributed by atoms with Crippen LogP contribution in [0.25, 0.3) is 0 Å². The normalized spacial score (nSPS) is 13.6. The molecule has 0 rings (SSSR count). The predicted octanol–water partition coefficient (Wildman–Crippen LogP) is 0.0531. The second-order valence-electron chi connectivity index (χ2n) is 3.59. The molecule has 0 aromatic heterocycles. The molecule has 16 heavy (non-hydrogen) atoms. The van der Waals surface area contributed by atoms with E-state index in [1.807, 2.05) is 0 Å². The molecule has 1 unspecified atom stereocenters. The Kier molecular flexibility index (Phi) is 7.27. The quantitative estimate of drug-likeness (QED) is 0.566. The number of methoxy groups -OCH3 is 1. The van der Waals surface area contributed by atoms with Gasteiger partial charge in [0.05, 0.1) is 11.7 Å². The van der Waals surface area contributed by atoms with E-state index in [1.54, 1.807) is 6.92 Å². The molecule has 0 aliphatic heterocycles. The monoisotopic (exact) mass is 253 g/mol. The maximum Gasteiger partial charge on any atom is 0.306 e. The Balaban J connectivity index is 3.78. The van der Waals surface area contributed by atoms with Gasteiger partial charge < -0.3 is 9.84 Å². The zero-order chi connectivity index (χ0) is 12.6. The summed E-state index contributed by atoms with van der Waals surface area (Å²) in [6.45, 7) is 2.09. The number of carbonyl (C=O) groups is 1. The van der Waals surface area contributed by atoms with Crippen molar-refractivity contribution in [3.8, 4) is 0 Å². The Hall–Kier alpha value is -0.660. The molecule has 0 radical (unpaired) electrons. The van der Waals surface area contributed by atoms with Crippen LogP contribution in [0, 0.1) is 5.92 Å². The van der Waals surface area contributed by atoms with Crippen molar-refractivity contribution in [2.75, 3.05) is 26.0 Å². The number of carboxylic acids is 1. The third kappa shape index (κ3) is 7.61. The van der Waals surface area contributed by atoms with Crippen LogP contribution in [0.5, 0.6) is 0 Å². The summed E-state index contributed by atoms with van der Waals surface area (Å²) < 4.78 is 29.8. The predicted molar refractivity (Wildman–Crippen MR) is 59.7 cm³/mol. The number of carboxylic acid groups (broad SMARTS) is 1. The van der Waals surface area contributed by atoms with Gasteiger partial charge in [0.15, 0.2) is 0 Å². The fourth-order valence-electron chi connectivity index (χ4n) is 1.02. The Bertz CT molecular complexity index is 301. The second kappa shape index (κ2) is 7.59. The summed E-state index contributed by atoms with van der Waals surface area (Å²) in [4.78, 5) is 10.5. The van der Waals surface area contributed by atoms with Crippen LogP contribution in [0.1, 0.15) is 19.8 Å². The van der Waals surface area contributed by atoms with Gasteiger partial charge in [-0.3, -0.25) is 4.79 Å². The van der Waals surface area contributed by atoms with Gasteiger partial charge in [0.1, 0.15) is 0 Å². The average molecular weight is 253 g/mol. The molecule has 0 aromatic carbocycles. The van der Waals surface area contributed by atoms with Crippen molar-refractivity contribution < 1.29 is 23.1 Å². The highest BCUT2D eigenvalue weighted by atomic mass is 32.2. The van der Waals surface area contributed by atoms with Gasteiger partial charge in [-0.05, 0) is 12.8 Å². The van der Waals surface area contributed by atoms with Crippen LogP contribution in [0.3, 0.4) is 0 Å². The van der Waals surface area contributed by atoms with E-state index < -0.39 is 21.9 Å². The third-order valence-electron chi connectivity index (χ3n) is 2.08. The summed E-state index contributed by atoms with van der Waals surface area (Å²) in [7, 11) is -1.79. The summed E-state index contributed by atoms with van der Waals surface area (Å²) in [5.41, 5.74) is 0. The lowest BCUT2D eigenvalue weighted by Crippen LogP contribution is -2.29. The minimum absolute atomic E-state index is 0.00227. The smallest absolute Gasteiger partial charge is 0.306 e. The van der Waals surface area contributed by atoms with Crippen molar-refractivity contribution >= 4 is 16.0 Å². The average Bonchev–Trinajstić information content (AvgIpc) is 2.17. The molecule has 96 valence electrons. The van der Waals surface area contributed by atoms with Crippen molar-refractivity contribution in [1.29, 1.82) is 0 Å². The van der Waals surface area contributed by atoms with Gasteiger partial charge in [0.25, 0.3) is 0 Å².